The van der Waals surface area contributed by atoms with Gasteiger partial charge < -0.3 is 10.5 Å². The Morgan fingerprint density at radius 1 is 1.29 bits per heavy atom. The lowest BCUT2D eigenvalue weighted by atomic mass is 10.0. The molecule has 1 aromatic rings. The van der Waals surface area contributed by atoms with Crippen molar-refractivity contribution < 1.29 is 9.53 Å². The Balaban J connectivity index is 2.17. The second-order valence-corrected chi connectivity index (χ2v) is 5.32. The summed E-state index contributed by atoms with van der Waals surface area (Å²) in [5, 5.41) is 0. The van der Waals surface area contributed by atoms with Crippen LogP contribution in [0.3, 0.4) is 0 Å². The highest BCUT2D eigenvalue weighted by atomic mass is 16.6. The summed E-state index contributed by atoms with van der Waals surface area (Å²) in [5.74, 6) is 0. The van der Waals surface area contributed by atoms with Gasteiger partial charge in [-0.2, -0.15) is 0 Å². The normalized spacial score (nSPS) is 20.5. The van der Waals surface area contributed by atoms with Gasteiger partial charge in [-0.3, -0.25) is 4.90 Å². The number of hydrogen-bond acceptors (Lipinski definition) is 3. The summed E-state index contributed by atoms with van der Waals surface area (Å²) in [4.78, 5) is 13.5. The van der Waals surface area contributed by atoms with Gasteiger partial charge in [0.15, 0.2) is 0 Å². The van der Waals surface area contributed by atoms with Crippen LogP contribution in [0, 0.1) is 0 Å². The largest absolute Gasteiger partial charge is 0.439 e. The van der Waals surface area contributed by atoms with Crippen LogP contribution >= 0.6 is 0 Å². The van der Waals surface area contributed by atoms with Crippen molar-refractivity contribution in [1.82, 2.24) is 4.90 Å². The number of anilines is 1. The molecular weight excluding hydrogens is 216 g/mol. The Labute approximate surface area is 101 Å². The first-order valence-corrected chi connectivity index (χ1v) is 5.71. The van der Waals surface area contributed by atoms with Gasteiger partial charge in [-0.1, -0.05) is 12.1 Å². The number of nitrogens with two attached hydrogens (primary N) is 1. The monoisotopic (exact) mass is 234 g/mol. The molecule has 0 aromatic heterocycles. The molecule has 1 aliphatic heterocycles. The molecule has 0 bridgehead atoms. The lowest BCUT2D eigenvalue weighted by molar-refractivity contribution is 0.120. The van der Waals surface area contributed by atoms with Crippen LogP contribution in [0.1, 0.15) is 32.4 Å². The van der Waals surface area contributed by atoms with Crippen molar-refractivity contribution in [3.63, 3.8) is 0 Å². The highest BCUT2D eigenvalue weighted by Gasteiger charge is 2.38. The highest BCUT2D eigenvalue weighted by molar-refractivity contribution is 5.71. The number of hydrogen-bond donors (Lipinski definition) is 1. The molecule has 0 spiro atoms. The number of cyclic esters (lactones) is 1. The fourth-order valence-corrected chi connectivity index (χ4v) is 1.89. The minimum Gasteiger partial charge on any atom is -0.439 e. The second kappa shape index (κ2) is 3.95. The minimum absolute atomic E-state index is 0.192. The molecule has 1 aromatic carbocycles. The SMILES string of the molecule is CC(C)(C)N1CC(c2ccc(N)cc2)OC1=O. The Morgan fingerprint density at radius 3 is 2.35 bits per heavy atom. The first kappa shape index (κ1) is 11.8. The average molecular weight is 234 g/mol. The molecule has 1 heterocycles. The van der Waals surface area contributed by atoms with E-state index >= 15 is 0 Å². The maximum Gasteiger partial charge on any atom is 0.411 e. The summed E-state index contributed by atoms with van der Waals surface area (Å²) in [5.41, 5.74) is 7.12. The van der Waals surface area contributed by atoms with Gasteiger partial charge in [-0.05, 0) is 38.5 Å². The third-order valence-corrected chi connectivity index (χ3v) is 2.93. The Hall–Kier alpha value is -1.71. The fourth-order valence-electron chi connectivity index (χ4n) is 1.89. The predicted octanol–water partition coefficient (Wildman–Crippen LogP) is 2.56. The summed E-state index contributed by atoms with van der Waals surface area (Å²) in [7, 11) is 0. The molecule has 2 N–H and O–H groups in total. The number of amides is 1. The van der Waals surface area contributed by atoms with Crippen LogP contribution in [-0.2, 0) is 4.74 Å². The number of nitrogens with zero attached hydrogens (tertiary/aromatic N) is 1. The van der Waals surface area contributed by atoms with Crippen molar-refractivity contribution in [2.75, 3.05) is 12.3 Å². The van der Waals surface area contributed by atoms with E-state index in [1.165, 1.54) is 0 Å². The van der Waals surface area contributed by atoms with E-state index < -0.39 is 0 Å². The van der Waals surface area contributed by atoms with Gasteiger partial charge in [0, 0.05) is 11.2 Å². The van der Waals surface area contributed by atoms with Crippen molar-refractivity contribution in [3.05, 3.63) is 29.8 Å². The lowest BCUT2D eigenvalue weighted by Crippen LogP contribution is -2.41. The second-order valence-electron chi connectivity index (χ2n) is 5.32. The van der Waals surface area contributed by atoms with E-state index in [4.69, 9.17) is 10.5 Å². The van der Waals surface area contributed by atoms with Crippen molar-refractivity contribution in [2.24, 2.45) is 0 Å². The zero-order valence-electron chi connectivity index (χ0n) is 10.4. The molecule has 1 atom stereocenters. The van der Waals surface area contributed by atoms with E-state index in [0.29, 0.717) is 12.2 Å². The van der Waals surface area contributed by atoms with Gasteiger partial charge in [-0.25, -0.2) is 4.79 Å². The number of benzene rings is 1. The zero-order valence-corrected chi connectivity index (χ0v) is 10.4. The van der Waals surface area contributed by atoms with Gasteiger partial charge in [0.25, 0.3) is 0 Å². The highest BCUT2D eigenvalue weighted by Crippen LogP contribution is 2.30. The molecule has 0 saturated carbocycles. The molecule has 4 heteroatoms. The molecule has 1 fully saturated rings. The topological polar surface area (TPSA) is 55.6 Å². The maximum atomic E-state index is 11.8. The molecule has 1 saturated heterocycles. The number of carbonyl (C=O) groups is 1. The summed E-state index contributed by atoms with van der Waals surface area (Å²) in [6, 6.07) is 7.45. The first-order chi connectivity index (χ1) is 7.88. The maximum absolute atomic E-state index is 11.8. The molecule has 4 nitrogen and oxygen atoms in total. The number of nitrogen functional groups attached to an aromatic ring is 1. The third kappa shape index (κ3) is 2.35. The Kier molecular flexibility index (Phi) is 2.73. The Bertz CT molecular complexity index is 420. The summed E-state index contributed by atoms with van der Waals surface area (Å²) >= 11 is 0. The molecule has 17 heavy (non-hydrogen) atoms. The smallest absolute Gasteiger partial charge is 0.411 e. The third-order valence-electron chi connectivity index (χ3n) is 2.93. The number of rotatable bonds is 1. The summed E-state index contributed by atoms with van der Waals surface area (Å²) in [6.07, 6.45) is -0.443. The van der Waals surface area contributed by atoms with Crippen LogP contribution in [0.2, 0.25) is 0 Å². The first-order valence-electron chi connectivity index (χ1n) is 5.71. The summed E-state index contributed by atoms with van der Waals surface area (Å²) in [6.45, 7) is 6.59. The molecule has 2 rings (SSSR count). The van der Waals surface area contributed by atoms with Crippen LogP contribution in [0.25, 0.3) is 0 Å². The van der Waals surface area contributed by atoms with Crippen LogP contribution in [0.15, 0.2) is 24.3 Å². The van der Waals surface area contributed by atoms with Crippen LogP contribution in [0.5, 0.6) is 0 Å². The number of ether oxygens (including phenoxy) is 1. The quantitative estimate of drug-likeness (QED) is 0.760. The molecular formula is C13H18N2O2. The van der Waals surface area contributed by atoms with Crippen LogP contribution in [0.4, 0.5) is 10.5 Å². The van der Waals surface area contributed by atoms with Crippen LogP contribution < -0.4 is 5.73 Å². The van der Waals surface area contributed by atoms with Crippen molar-refractivity contribution in [3.8, 4) is 0 Å². The predicted molar refractivity (Wildman–Crippen MR) is 66.5 cm³/mol. The van der Waals surface area contributed by atoms with E-state index in [2.05, 4.69) is 0 Å². The van der Waals surface area contributed by atoms with Gasteiger partial charge in [0.2, 0.25) is 0 Å². The molecule has 1 aliphatic rings. The molecule has 0 aliphatic carbocycles. The standard InChI is InChI=1S/C13H18N2O2/c1-13(2,3)15-8-11(17-12(15)16)9-4-6-10(14)7-5-9/h4-7,11H,8,14H2,1-3H3. The van der Waals surface area contributed by atoms with E-state index in [1.54, 1.807) is 4.90 Å². The molecule has 1 unspecified atom stereocenters. The summed E-state index contributed by atoms with van der Waals surface area (Å²) < 4.78 is 5.37. The number of carbonyl (C=O) groups excluding carboxylic acids is 1. The van der Waals surface area contributed by atoms with E-state index in [0.717, 1.165) is 5.56 Å². The zero-order chi connectivity index (χ0) is 12.6. The van der Waals surface area contributed by atoms with Crippen LogP contribution in [-0.4, -0.2) is 23.1 Å². The van der Waals surface area contributed by atoms with Gasteiger partial charge in [-0.15, -0.1) is 0 Å². The molecule has 0 radical (unpaired) electrons. The van der Waals surface area contributed by atoms with E-state index in [-0.39, 0.29) is 17.7 Å². The van der Waals surface area contributed by atoms with Gasteiger partial charge in [0.05, 0.1) is 6.54 Å². The molecule has 1 amide bonds. The van der Waals surface area contributed by atoms with Gasteiger partial charge in [0.1, 0.15) is 6.10 Å². The van der Waals surface area contributed by atoms with Crippen molar-refractivity contribution in [1.29, 1.82) is 0 Å². The van der Waals surface area contributed by atoms with Gasteiger partial charge >= 0.3 is 6.09 Å². The van der Waals surface area contributed by atoms with E-state index in [9.17, 15) is 4.79 Å². The Morgan fingerprint density at radius 2 is 1.88 bits per heavy atom. The fraction of sp³-hybridized carbons (Fsp3) is 0.462. The minimum atomic E-state index is -0.251. The van der Waals surface area contributed by atoms with E-state index in [1.807, 2.05) is 45.0 Å². The van der Waals surface area contributed by atoms with Crippen molar-refractivity contribution >= 4 is 11.8 Å². The lowest BCUT2D eigenvalue weighted by Gasteiger charge is -2.29. The average Bonchev–Trinajstić information content (AvgIpc) is 2.61. The van der Waals surface area contributed by atoms with Crippen molar-refractivity contribution in [2.45, 2.75) is 32.4 Å². The molecule has 92 valence electrons.